The molecule has 0 N–H and O–H groups in total. The molecule has 2 heterocycles. The molecule has 0 unspecified atom stereocenters. The monoisotopic (exact) mass is 280 g/mol. The Morgan fingerprint density at radius 2 is 1.95 bits per heavy atom. The average molecular weight is 280 g/mol. The maximum Gasteiger partial charge on any atom is 0.185 e. The van der Waals surface area contributed by atoms with Crippen LogP contribution in [0.4, 0.5) is 5.69 Å². The van der Waals surface area contributed by atoms with Gasteiger partial charge in [0.25, 0.3) is 0 Å². The molecule has 0 saturated carbocycles. The van der Waals surface area contributed by atoms with Crippen molar-refractivity contribution in [2.24, 2.45) is 0 Å². The van der Waals surface area contributed by atoms with Gasteiger partial charge in [-0.25, -0.2) is 0 Å². The Balaban J connectivity index is 2.06. The van der Waals surface area contributed by atoms with E-state index in [1.807, 2.05) is 18.2 Å². The Bertz CT molecular complexity index is 691. The molecule has 0 radical (unpaired) electrons. The zero-order chi connectivity index (χ0) is 14.7. The molecule has 1 fully saturated rings. The molecule has 1 aromatic carbocycles. The zero-order valence-corrected chi connectivity index (χ0v) is 11.7. The molecular weight excluding hydrogens is 264 g/mol. The largest absolute Gasteiger partial charge is 0.453 e. The lowest BCUT2D eigenvalue weighted by molar-refractivity contribution is 0.110. The van der Waals surface area contributed by atoms with Crippen LogP contribution in [0.1, 0.15) is 35.4 Å². The van der Waals surface area contributed by atoms with Crippen LogP contribution in [0, 0.1) is 11.3 Å². The number of hydrogen-bond acceptors (Lipinski definition) is 4. The summed E-state index contributed by atoms with van der Waals surface area (Å²) < 4.78 is 5.55. The third-order valence-electron chi connectivity index (χ3n) is 3.83. The fourth-order valence-corrected chi connectivity index (χ4v) is 2.77. The van der Waals surface area contributed by atoms with Crippen LogP contribution in [-0.4, -0.2) is 19.4 Å². The Labute approximate surface area is 123 Å². The van der Waals surface area contributed by atoms with Crippen LogP contribution in [-0.2, 0) is 0 Å². The highest BCUT2D eigenvalue weighted by atomic mass is 16.3. The Hall–Kier alpha value is -2.54. The second kappa shape index (κ2) is 5.84. The highest BCUT2D eigenvalue weighted by Crippen LogP contribution is 2.34. The summed E-state index contributed by atoms with van der Waals surface area (Å²) in [7, 11) is 0. The van der Waals surface area contributed by atoms with Gasteiger partial charge in [-0.05, 0) is 49.6 Å². The number of aldehydes is 1. The number of anilines is 1. The molecule has 0 spiro atoms. The average Bonchev–Trinajstić information content (AvgIpc) is 3.04. The molecule has 0 aliphatic carbocycles. The summed E-state index contributed by atoms with van der Waals surface area (Å²) in [5.41, 5.74) is 2.54. The number of rotatable bonds is 3. The molecule has 0 amide bonds. The van der Waals surface area contributed by atoms with E-state index in [0.717, 1.165) is 24.3 Å². The van der Waals surface area contributed by atoms with Crippen LogP contribution in [0.15, 0.2) is 34.7 Å². The number of carbonyl (C=O) groups is 1. The minimum Gasteiger partial charge on any atom is -0.453 e. The van der Waals surface area contributed by atoms with E-state index in [4.69, 9.17) is 9.68 Å². The second-order valence-electron chi connectivity index (χ2n) is 5.21. The van der Waals surface area contributed by atoms with Gasteiger partial charge in [0.2, 0.25) is 0 Å². The lowest BCUT2D eigenvalue weighted by Crippen LogP contribution is -2.29. The van der Waals surface area contributed by atoms with E-state index >= 15 is 0 Å². The quantitative estimate of drug-likeness (QED) is 0.806. The Kier molecular flexibility index (Phi) is 3.74. The molecule has 3 rings (SSSR count). The zero-order valence-electron chi connectivity index (χ0n) is 11.7. The van der Waals surface area contributed by atoms with Crippen molar-refractivity contribution in [1.82, 2.24) is 0 Å². The predicted octanol–water partition coefficient (Wildman–Crippen LogP) is 3.62. The minimum absolute atomic E-state index is 0.303. The first-order valence-corrected chi connectivity index (χ1v) is 7.16. The van der Waals surface area contributed by atoms with Crippen LogP contribution < -0.4 is 4.90 Å². The number of nitriles is 1. The molecule has 0 bridgehead atoms. The second-order valence-corrected chi connectivity index (χ2v) is 5.21. The van der Waals surface area contributed by atoms with Gasteiger partial charge in [0, 0.05) is 24.3 Å². The van der Waals surface area contributed by atoms with Crippen molar-refractivity contribution in [2.45, 2.75) is 19.3 Å². The van der Waals surface area contributed by atoms with E-state index in [0.29, 0.717) is 23.4 Å². The third kappa shape index (κ3) is 2.68. The van der Waals surface area contributed by atoms with E-state index in [-0.39, 0.29) is 0 Å². The van der Waals surface area contributed by atoms with Gasteiger partial charge in [0.15, 0.2) is 12.0 Å². The van der Waals surface area contributed by atoms with Gasteiger partial charge in [-0.3, -0.25) is 4.79 Å². The number of hydrogen-bond donors (Lipinski definition) is 0. The first kappa shape index (κ1) is 13.4. The maximum absolute atomic E-state index is 10.8. The maximum atomic E-state index is 10.8. The van der Waals surface area contributed by atoms with Crippen molar-refractivity contribution in [3.63, 3.8) is 0 Å². The van der Waals surface area contributed by atoms with Crippen molar-refractivity contribution in [3.05, 3.63) is 41.7 Å². The first-order valence-electron chi connectivity index (χ1n) is 7.16. The van der Waals surface area contributed by atoms with Gasteiger partial charge < -0.3 is 9.32 Å². The van der Waals surface area contributed by atoms with E-state index in [1.165, 1.54) is 19.3 Å². The fraction of sp³-hybridized carbons (Fsp3) is 0.294. The number of furan rings is 1. The smallest absolute Gasteiger partial charge is 0.185 e. The number of nitrogens with zero attached hydrogens (tertiary/aromatic N) is 2. The van der Waals surface area contributed by atoms with Crippen LogP contribution in [0.25, 0.3) is 11.3 Å². The number of benzene rings is 1. The summed E-state index contributed by atoms with van der Waals surface area (Å²) in [4.78, 5) is 13.1. The molecule has 1 aliphatic rings. The van der Waals surface area contributed by atoms with Crippen molar-refractivity contribution >= 4 is 12.0 Å². The summed E-state index contributed by atoms with van der Waals surface area (Å²) in [5.74, 6) is 0.937. The molecule has 4 nitrogen and oxygen atoms in total. The fourth-order valence-electron chi connectivity index (χ4n) is 2.77. The predicted molar refractivity (Wildman–Crippen MR) is 80.3 cm³/mol. The molecule has 2 aromatic rings. The van der Waals surface area contributed by atoms with Crippen LogP contribution in [0.3, 0.4) is 0 Å². The van der Waals surface area contributed by atoms with E-state index in [2.05, 4.69) is 11.0 Å². The molecule has 1 aromatic heterocycles. The Morgan fingerprint density at radius 1 is 1.14 bits per heavy atom. The topological polar surface area (TPSA) is 57.2 Å². The van der Waals surface area contributed by atoms with Gasteiger partial charge in [-0.15, -0.1) is 0 Å². The van der Waals surface area contributed by atoms with E-state index in [9.17, 15) is 4.79 Å². The van der Waals surface area contributed by atoms with Gasteiger partial charge in [0.1, 0.15) is 5.76 Å². The van der Waals surface area contributed by atoms with Crippen molar-refractivity contribution in [3.8, 4) is 17.4 Å². The molecule has 4 heteroatoms. The van der Waals surface area contributed by atoms with E-state index < -0.39 is 0 Å². The first-order chi connectivity index (χ1) is 10.3. The van der Waals surface area contributed by atoms with Crippen molar-refractivity contribution < 1.29 is 9.21 Å². The highest BCUT2D eigenvalue weighted by Gasteiger charge is 2.18. The van der Waals surface area contributed by atoms with Gasteiger partial charge in [-0.1, -0.05) is 0 Å². The van der Waals surface area contributed by atoms with Crippen molar-refractivity contribution in [2.75, 3.05) is 18.0 Å². The molecule has 1 aliphatic heterocycles. The van der Waals surface area contributed by atoms with Gasteiger partial charge in [-0.2, -0.15) is 5.26 Å². The molecule has 106 valence electrons. The summed E-state index contributed by atoms with van der Waals surface area (Å²) in [5, 5.41) is 9.11. The lowest BCUT2D eigenvalue weighted by Gasteiger charge is -2.30. The standard InChI is InChI=1S/C17H16N2O2/c18-11-13-4-6-16(19-8-2-1-3-9-19)15(10-13)17-7-5-14(12-20)21-17/h4-7,10,12H,1-3,8-9H2. The molecule has 0 atom stereocenters. The van der Waals surface area contributed by atoms with Crippen molar-refractivity contribution in [1.29, 1.82) is 5.26 Å². The van der Waals surface area contributed by atoms with E-state index in [1.54, 1.807) is 12.1 Å². The van der Waals surface area contributed by atoms with Gasteiger partial charge in [0.05, 0.1) is 11.6 Å². The van der Waals surface area contributed by atoms with Gasteiger partial charge >= 0.3 is 0 Å². The summed E-state index contributed by atoms with van der Waals surface area (Å²) in [6.45, 7) is 2.03. The van der Waals surface area contributed by atoms with Crippen LogP contribution >= 0.6 is 0 Å². The minimum atomic E-state index is 0.303. The molecular formula is C17H16N2O2. The molecule has 1 saturated heterocycles. The number of carbonyl (C=O) groups excluding carboxylic acids is 1. The third-order valence-corrected chi connectivity index (χ3v) is 3.83. The van der Waals surface area contributed by atoms with Crippen LogP contribution in [0.2, 0.25) is 0 Å². The summed E-state index contributed by atoms with van der Waals surface area (Å²) in [6.07, 6.45) is 4.31. The SMILES string of the molecule is N#Cc1ccc(N2CCCCC2)c(-c2ccc(C=O)o2)c1. The Morgan fingerprint density at radius 3 is 2.62 bits per heavy atom. The summed E-state index contributed by atoms with van der Waals surface area (Å²) in [6, 6.07) is 11.2. The highest BCUT2D eigenvalue weighted by molar-refractivity contribution is 5.79. The number of piperidine rings is 1. The lowest BCUT2D eigenvalue weighted by atomic mass is 10.0. The molecule has 21 heavy (non-hydrogen) atoms. The summed E-state index contributed by atoms with van der Waals surface area (Å²) >= 11 is 0. The van der Waals surface area contributed by atoms with Crippen LogP contribution in [0.5, 0.6) is 0 Å². The normalized spacial score (nSPS) is 14.7.